The van der Waals surface area contributed by atoms with Crippen LogP contribution >= 0.6 is 11.4 Å². The van der Waals surface area contributed by atoms with E-state index in [0.717, 1.165) is 24.3 Å². The maximum absolute atomic E-state index is 13.5. The van der Waals surface area contributed by atoms with Crippen LogP contribution in [0.2, 0.25) is 0 Å². The van der Waals surface area contributed by atoms with Crippen molar-refractivity contribution in [2.24, 2.45) is 0 Å². The molecule has 0 fully saturated rings. The lowest BCUT2D eigenvalue weighted by molar-refractivity contribution is 0.391. The third-order valence-electron chi connectivity index (χ3n) is 1.98. The van der Waals surface area contributed by atoms with Crippen LogP contribution in [0, 0.1) is 11.6 Å². The zero-order valence-corrected chi connectivity index (χ0v) is 10.2. The van der Waals surface area contributed by atoms with Crippen LogP contribution in [0.5, 0.6) is 11.5 Å². The molecule has 2 aromatic rings. The second kappa shape index (κ2) is 5.40. The van der Waals surface area contributed by atoms with Gasteiger partial charge in [-0.15, -0.1) is 0 Å². The van der Waals surface area contributed by atoms with E-state index in [2.05, 4.69) is 8.37 Å². The Hall–Kier alpha value is -1.89. The van der Waals surface area contributed by atoms with Crippen LogP contribution in [0.25, 0.3) is 0 Å². The molecular weight excluding hydrogens is 284 g/mol. The first-order chi connectivity index (χ1) is 8.94. The van der Waals surface area contributed by atoms with Crippen molar-refractivity contribution in [2.45, 2.75) is 0 Å². The van der Waals surface area contributed by atoms with Gasteiger partial charge in [-0.05, 0) is 32.0 Å². The highest BCUT2D eigenvalue weighted by Crippen LogP contribution is 2.53. The van der Waals surface area contributed by atoms with E-state index in [-0.39, 0.29) is 11.5 Å². The largest absolute Gasteiger partial charge is 0.332 e. The first-order valence-electron chi connectivity index (χ1n) is 5.07. The molecule has 19 heavy (non-hydrogen) atoms. The molecule has 0 amide bonds. The molecule has 0 aliphatic rings. The average molecular weight is 292 g/mol. The molecule has 0 unspecified atom stereocenters. The van der Waals surface area contributed by atoms with Gasteiger partial charge in [0.1, 0.15) is 11.6 Å². The predicted octanol–water partition coefficient (Wildman–Crippen LogP) is 4.83. The molecular formula is C12H8F4O2S. The number of hydrogen-bond donors (Lipinski definition) is 0. The Morgan fingerprint density at radius 3 is 1.53 bits per heavy atom. The monoisotopic (exact) mass is 292 g/mol. The molecule has 0 N–H and O–H groups in total. The van der Waals surface area contributed by atoms with Crippen LogP contribution in [-0.2, 0) is 0 Å². The Kier molecular flexibility index (Phi) is 3.84. The maximum atomic E-state index is 13.5. The van der Waals surface area contributed by atoms with Crippen LogP contribution in [0.1, 0.15) is 0 Å². The summed E-state index contributed by atoms with van der Waals surface area (Å²) >= 11 is -4.95. The van der Waals surface area contributed by atoms with Crippen molar-refractivity contribution in [1.29, 1.82) is 0 Å². The second-order valence-corrected chi connectivity index (χ2v) is 4.55. The van der Waals surface area contributed by atoms with E-state index in [4.69, 9.17) is 0 Å². The molecule has 0 aliphatic heterocycles. The highest BCUT2D eigenvalue weighted by Gasteiger charge is 2.23. The molecule has 0 bridgehead atoms. The van der Waals surface area contributed by atoms with Crippen molar-refractivity contribution in [3.8, 4) is 11.5 Å². The molecule has 102 valence electrons. The van der Waals surface area contributed by atoms with Gasteiger partial charge in [0, 0.05) is 12.1 Å². The lowest BCUT2D eigenvalue weighted by atomic mass is 10.3. The van der Waals surface area contributed by atoms with Crippen LogP contribution < -0.4 is 8.37 Å². The van der Waals surface area contributed by atoms with Gasteiger partial charge in [0.05, 0.1) is 0 Å². The number of halogens is 4. The molecule has 7 heteroatoms. The summed E-state index contributed by atoms with van der Waals surface area (Å²) in [4.78, 5) is 0. The van der Waals surface area contributed by atoms with Crippen LogP contribution in [-0.4, -0.2) is 0 Å². The van der Waals surface area contributed by atoms with Gasteiger partial charge >= 0.3 is 0 Å². The summed E-state index contributed by atoms with van der Waals surface area (Å²) in [6.07, 6.45) is 0. The van der Waals surface area contributed by atoms with Crippen molar-refractivity contribution in [3.05, 3.63) is 60.2 Å². The fraction of sp³-hybridized carbons (Fsp3) is 0. The van der Waals surface area contributed by atoms with Gasteiger partial charge in [-0.25, -0.2) is 8.78 Å². The summed E-state index contributed by atoms with van der Waals surface area (Å²) in [5.74, 6) is -2.15. The third-order valence-corrected chi connectivity index (χ3v) is 2.75. The topological polar surface area (TPSA) is 18.5 Å². The zero-order chi connectivity index (χ0) is 13.9. The van der Waals surface area contributed by atoms with Crippen molar-refractivity contribution < 1.29 is 24.9 Å². The van der Waals surface area contributed by atoms with E-state index in [1.165, 1.54) is 24.3 Å². The van der Waals surface area contributed by atoms with Gasteiger partial charge in [-0.1, -0.05) is 12.1 Å². The van der Waals surface area contributed by atoms with Gasteiger partial charge < -0.3 is 8.37 Å². The molecule has 0 aromatic heterocycles. The molecule has 0 atom stereocenters. The minimum absolute atomic E-state index is 0.364. The Morgan fingerprint density at radius 1 is 0.737 bits per heavy atom. The standard InChI is InChI=1S/C12H8F4O2S/c13-9-3-1-5-11(7-9)17-19(15,16)18-12-6-2-4-10(14)8-12/h1-8H. The summed E-state index contributed by atoms with van der Waals surface area (Å²) in [5, 5.41) is 0. The van der Waals surface area contributed by atoms with Gasteiger partial charge in [-0.2, -0.15) is 0 Å². The summed E-state index contributed by atoms with van der Waals surface area (Å²) in [5.41, 5.74) is 0. The van der Waals surface area contributed by atoms with Crippen molar-refractivity contribution in [2.75, 3.05) is 0 Å². The van der Waals surface area contributed by atoms with E-state index in [9.17, 15) is 16.6 Å². The maximum Gasteiger partial charge on any atom is 0.210 e. The Labute approximate surface area is 108 Å². The van der Waals surface area contributed by atoms with Crippen molar-refractivity contribution >= 4 is 11.4 Å². The number of hydrogen-bond acceptors (Lipinski definition) is 2. The van der Waals surface area contributed by atoms with E-state index >= 15 is 0 Å². The van der Waals surface area contributed by atoms with Crippen molar-refractivity contribution in [3.63, 3.8) is 0 Å². The Bertz CT molecular complexity index is 528. The Morgan fingerprint density at radius 2 is 1.16 bits per heavy atom. The molecule has 0 saturated heterocycles. The quantitative estimate of drug-likeness (QED) is 0.752. The molecule has 2 nitrogen and oxygen atoms in total. The molecule has 0 aliphatic carbocycles. The smallest absolute Gasteiger partial charge is 0.210 e. The van der Waals surface area contributed by atoms with E-state index < -0.39 is 23.0 Å². The highest BCUT2D eigenvalue weighted by atomic mass is 32.3. The van der Waals surface area contributed by atoms with Crippen molar-refractivity contribution in [1.82, 2.24) is 0 Å². The molecule has 0 saturated carbocycles. The summed E-state index contributed by atoms with van der Waals surface area (Å²) in [6.45, 7) is 0. The summed E-state index contributed by atoms with van der Waals surface area (Å²) < 4.78 is 61.1. The first-order valence-corrected chi connectivity index (χ1v) is 6.35. The number of rotatable bonds is 4. The third kappa shape index (κ3) is 4.06. The minimum Gasteiger partial charge on any atom is -0.332 e. The lowest BCUT2D eigenvalue weighted by Crippen LogP contribution is -2.04. The summed E-state index contributed by atoms with van der Waals surface area (Å²) in [6, 6.07) is 8.57. The fourth-order valence-corrected chi connectivity index (χ4v) is 1.97. The fourth-order valence-electron chi connectivity index (χ4n) is 1.28. The van der Waals surface area contributed by atoms with E-state index in [0.29, 0.717) is 0 Å². The van der Waals surface area contributed by atoms with Crippen LogP contribution in [0.3, 0.4) is 0 Å². The summed E-state index contributed by atoms with van der Waals surface area (Å²) in [7, 11) is 0. The minimum atomic E-state index is -4.95. The van der Waals surface area contributed by atoms with Gasteiger partial charge in [0.25, 0.3) is 0 Å². The predicted molar refractivity (Wildman–Crippen MR) is 63.9 cm³/mol. The molecule has 0 spiro atoms. The molecule has 2 rings (SSSR count). The van der Waals surface area contributed by atoms with E-state index in [1.807, 2.05) is 0 Å². The SMILES string of the molecule is Fc1cccc(OS(F)(F)Oc2cccc(F)c2)c1. The van der Waals surface area contributed by atoms with Crippen LogP contribution in [0.4, 0.5) is 16.6 Å². The van der Waals surface area contributed by atoms with Gasteiger partial charge in [0.2, 0.25) is 11.4 Å². The highest BCUT2D eigenvalue weighted by molar-refractivity contribution is 8.17. The van der Waals surface area contributed by atoms with E-state index in [1.54, 1.807) is 0 Å². The van der Waals surface area contributed by atoms with Gasteiger partial charge in [-0.3, -0.25) is 0 Å². The molecule has 0 heterocycles. The number of benzene rings is 2. The lowest BCUT2D eigenvalue weighted by Gasteiger charge is -2.24. The molecule has 0 radical (unpaired) electrons. The van der Waals surface area contributed by atoms with Crippen LogP contribution in [0.15, 0.2) is 48.5 Å². The van der Waals surface area contributed by atoms with Gasteiger partial charge in [0.15, 0.2) is 11.5 Å². The second-order valence-electron chi connectivity index (χ2n) is 3.46. The molecule has 2 aromatic carbocycles. The first kappa shape index (κ1) is 13.5. The Balaban J connectivity index is 2.10. The normalized spacial score (nSPS) is 12.0. The average Bonchev–Trinajstić information content (AvgIpc) is 2.27. The zero-order valence-electron chi connectivity index (χ0n) is 9.36.